The van der Waals surface area contributed by atoms with Gasteiger partial charge in [-0.3, -0.25) is 0 Å². The Hall–Kier alpha value is -0.120. The van der Waals surface area contributed by atoms with Gasteiger partial charge >= 0.3 is 0 Å². The second-order valence-electron chi connectivity index (χ2n) is 7.14. The Morgan fingerprint density at radius 1 is 1.30 bits per heavy atom. The highest BCUT2D eigenvalue weighted by atomic mass is 16.5. The van der Waals surface area contributed by atoms with Crippen molar-refractivity contribution in [2.24, 2.45) is 5.92 Å². The van der Waals surface area contributed by atoms with Crippen molar-refractivity contribution in [2.45, 2.75) is 69.9 Å². The lowest BCUT2D eigenvalue weighted by Crippen LogP contribution is -2.46. The first-order chi connectivity index (χ1) is 9.65. The van der Waals surface area contributed by atoms with Gasteiger partial charge in [-0.2, -0.15) is 0 Å². The minimum absolute atomic E-state index is 0.257. The van der Waals surface area contributed by atoms with Crippen molar-refractivity contribution in [3.8, 4) is 0 Å². The molecule has 1 heterocycles. The van der Waals surface area contributed by atoms with E-state index in [-0.39, 0.29) is 5.60 Å². The van der Waals surface area contributed by atoms with Gasteiger partial charge in [-0.15, -0.1) is 0 Å². The van der Waals surface area contributed by atoms with Gasteiger partial charge in [0, 0.05) is 12.6 Å². The first kappa shape index (κ1) is 16.3. The lowest BCUT2D eigenvalue weighted by Gasteiger charge is -2.42. The van der Waals surface area contributed by atoms with Gasteiger partial charge in [0.2, 0.25) is 0 Å². The Kier molecular flexibility index (Phi) is 6.31. The summed E-state index contributed by atoms with van der Waals surface area (Å²) in [6.07, 6.45) is 10.4. The quantitative estimate of drug-likeness (QED) is 0.777. The standard InChI is InChI=1S/C17H34N2O/c1-4-11-18-16(7-12-19(2)3)15-8-13-20-17(14-15)9-5-6-10-17/h15-16,18H,4-14H2,1-3H3. The molecule has 1 aliphatic carbocycles. The van der Waals surface area contributed by atoms with E-state index in [2.05, 4.69) is 31.2 Å². The fourth-order valence-corrected chi connectivity index (χ4v) is 4.01. The summed E-state index contributed by atoms with van der Waals surface area (Å²) in [5.41, 5.74) is 0.257. The van der Waals surface area contributed by atoms with Gasteiger partial charge in [0.25, 0.3) is 0 Å². The summed E-state index contributed by atoms with van der Waals surface area (Å²) in [4.78, 5) is 2.31. The van der Waals surface area contributed by atoms with Crippen LogP contribution in [0.5, 0.6) is 0 Å². The normalized spacial score (nSPS) is 27.3. The Morgan fingerprint density at radius 2 is 2.05 bits per heavy atom. The molecule has 0 aromatic heterocycles. The minimum Gasteiger partial charge on any atom is -0.375 e. The molecule has 0 amide bonds. The molecular weight excluding hydrogens is 248 g/mol. The van der Waals surface area contributed by atoms with E-state index in [1.54, 1.807) is 0 Å². The smallest absolute Gasteiger partial charge is 0.0685 e. The third-order valence-electron chi connectivity index (χ3n) is 5.16. The SMILES string of the molecule is CCCNC(CCN(C)C)C1CCOC2(CCCC2)C1. The van der Waals surface area contributed by atoms with Gasteiger partial charge in [-0.25, -0.2) is 0 Å². The number of ether oxygens (including phenoxy) is 1. The fraction of sp³-hybridized carbons (Fsp3) is 1.00. The zero-order chi connectivity index (χ0) is 14.4. The zero-order valence-electron chi connectivity index (χ0n) is 13.8. The third kappa shape index (κ3) is 4.44. The third-order valence-corrected chi connectivity index (χ3v) is 5.16. The van der Waals surface area contributed by atoms with Crippen molar-refractivity contribution in [2.75, 3.05) is 33.8 Å². The molecule has 2 atom stereocenters. The summed E-state index contributed by atoms with van der Waals surface area (Å²) in [6, 6.07) is 0.679. The molecule has 0 aromatic rings. The van der Waals surface area contributed by atoms with Crippen LogP contribution < -0.4 is 5.32 Å². The summed E-state index contributed by atoms with van der Waals surface area (Å²) in [5, 5.41) is 3.82. The molecule has 1 N–H and O–H groups in total. The second kappa shape index (κ2) is 7.77. The summed E-state index contributed by atoms with van der Waals surface area (Å²) in [7, 11) is 4.36. The molecule has 2 aliphatic rings. The maximum atomic E-state index is 6.20. The molecule has 2 unspecified atom stereocenters. The van der Waals surface area contributed by atoms with Crippen LogP contribution in [0.15, 0.2) is 0 Å². The molecule has 2 fully saturated rings. The summed E-state index contributed by atoms with van der Waals surface area (Å²) < 4.78 is 6.20. The maximum Gasteiger partial charge on any atom is 0.0685 e. The van der Waals surface area contributed by atoms with Crippen molar-refractivity contribution >= 4 is 0 Å². The van der Waals surface area contributed by atoms with E-state index < -0.39 is 0 Å². The van der Waals surface area contributed by atoms with Gasteiger partial charge in [0.05, 0.1) is 5.60 Å². The molecule has 118 valence electrons. The Labute approximate surface area is 125 Å². The molecule has 1 spiro atoms. The monoisotopic (exact) mass is 282 g/mol. The van der Waals surface area contributed by atoms with Crippen molar-refractivity contribution < 1.29 is 4.74 Å². The second-order valence-corrected chi connectivity index (χ2v) is 7.14. The van der Waals surface area contributed by atoms with Gasteiger partial charge in [0.15, 0.2) is 0 Å². The van der Waals surface area contributed by atoms with Crippen LogP contribution in [0.25, 0.3) is 0 Å². The molecule has 2 rings (SSSR count). The molecule has 0 bridgehead atoms. The number of nitrogens with one attached hydrogen (secondary N) is 1. The molecular formula is C17H34N2O. The number of rotatable bonds is 7. The van der Waals surface area contributed by atoms with Crippen LogP contribution in [-0.4, -0.2) is 50.3 Å². The van der Waals surface area contributed by atoms with E-state index in [0.29, 0.717) is 6.04 Å². The predicted octanol–water partition coefficient (Wildman–Crippen LogP) is 3.05. The molecule has 3 nitrogen and oxygen atoms in total. The molecule has 1 aliphatic heterocycles. The Balaban J connectivity index is 1.91. The lowest BCUT2D eigenvalue weighted by molar-refractivity contribution is -0.0984. The van der Waals surface area contributed by atoms with Crippen molar-refractivity contribution in [3.05, 3.63) is 0 Å². The lowest BCUT2D eigenvalue weighted by atomic mass is 9.79. The molecule has 20 heavy (non-hydrogen) atoms. The first-order valence-corrected chi connectivity index (χ1v) is 8.67. The van der Waals surface area contributed by atoms with Crippen LogP contribution in [0.2, 0.25) is 0 Å². The van der Waals surface area contributed by atoms with Gasteiger partial charge in [-0.05, 0) is 71.6 Å². The number of nitrogens with zero attached hydrogens (tertiary/aromatic N) is 1. The topological polar surface area (TPSA) is 24.5 Å². The average molecular weight is 282 g/mol. The van der Waals surface area contributed by atoms with Crippen LogP contribution >= 0.6 is 0 Å². The highest BCUT2D eigenvalue weighted by Gasteiger charge is 2.41. The van der Waals surface area contributed by atoms with E-state index in [1.165, 1.54) is 57.9 Å². The Morgan fingerprint density at radius 3 is 2.70 bits per heavy atom. The molecule has 0 aromatic carbocycles. The molecule has 1 saturated carbocycles. The fourth-order valence-electron chi connectivity index (χ4n) is 4.01. The molecule has 1 saturated heterocycles. The van der Waals surface area contributed by atoms with E-state index in [1.807, 2.05) is 0 Å². The maximum absolute atomic E-state index is 6.20. The van der Waals surface area contributed by atoms with Crippen molar-refractivity contribution in [1.82, 2.24) is 10.2 Å². The van der Waals surface area contributed by atoms with Crippen LogP contribution in [0.3, 0.4) is 0 Å². The van der Waals surface area contributed by atoms with Crippen LogP contribution in [-0.2, 0) is 4.74 Å². The first-order valence-electron chi connectivity index (χ1n) is 8.67. The summed E-state index contributed by atoms with van der Waals surface area (Å²) in [6.45, 7) is 5.59. The average Bonchev–Trinajstić information content (AvgIpc) is 2.86. The minimum atomic E-state index is 0.257. The largest absolute Gasteiger partial charge is 0.375 e. The van der Waals surface area contributed by atoms with Crippen LogP contribution in [0.1, 0.15) is 58.3 Å². The highest BCUT2D eigenvalue weighted by Crippen LogP contribution is 2.43. The van der Waals surface area contributed by atoms with E-state index in [0.717, 1.165) is 19.1 Å². The van der Waals surface area contributed by atoms with E-state index >= 15 is 0 Å². The van der Waals surface area contributed by atoms with Gasteiger partial charge in [0.1, 0.15) is 0 Å². The van der Waals surface area contributed by atoms with Crippen LogP contribution in [0.4, 0.5) is 0 Å². The zero-order valence-corrected chi connectivity index (χ0v) is 13.8. The van der Waals surface area contributed by atoms with Gasteiger partial charge < -0.3 is 15.0 Å². The van der Waals surface area contributed by atoms with Crippen LogP contribution in [0, 0.1) is 5.92 Å². The van der Waals surface area contributed by atoms with Crippen molar-refractivity contribution in [1.29, 1.82) is 0 Å². The molecule has 0 radical (unpaired) electrons. The number of hydrogen-bond acceptors (Lipinski definition) is 3. The van der Waals surface area contributed by atoms with E-state index in [9.17, 15) is 0 Å². The summed E-state index contributed by atoms with van der Waals surface area (Å²) in [5.74, 6) is 0.813. The van der Waals surface area contributed by atoms with Gasteiger partial charge in [-0.1, -0.05) is 19.8 Å². The number of hydrogen-bond donors (Lipinski definition) is 1. The predicted molar refractivity (Wildman–Crippen MR) is 85.1 cm³/mol. The summed E-state index contributed by atoms with van der Waals surface area (Å²) >= 11 is 0. The van der Waals surface area contributed by atoms with Crippen molar-refractivity contribution in [3.63, 3.8) is 0 Å². The Bertz CT molecular complexity index is 274. The molecule has 3 heteroatoms. The highest BCUT2D eigenvalue weighted by molar-refractivity contribution is 4.94. The van der Waals surface area contributed by atoms with E-state index in [4.69, 9.17) is 4.74 Å².